The van der Waals surface area contributed by atoms with E-state index in [1.807, 2.05) is 4.90 Å². The van der Waals surface area contributed by atoms with Gasteiger partial charge in [-0.3, -0.25) is 9.59 Å². The molecule has 1 heterocycles. The molecule has 2 amide bonds. The third-order valence-corrected chi connectivity index (χ3v) is 5.83. The molecule has 1 aliphatic heterocycles. The fourth-order valence-electron chi connectivity index (χ4n) is 3.96. The number of carbonyl (C=O) groups excluding carboxylic acids is 3. The maximum Gasteiger partial charge on any atom is 0.338 e. The summed E-state index contributed by atoms with van der Waals surface area (Å²) in [6.45, 7) is 4.19. The Morgan fingerprint density at radius 3 is 2.56 bits per heavy atom. The number of amides is 2. The largest absolute Gasteiger partial charge is 0.497 e. The van der Waals surface area contributed by atoms with Crippen LogP contribution < -0.4 is 14.8 Å². The summed E-state index contributed by atoms with van der Waals surface area (Å²) in [5, 5.41) is 2.73. The smallest absolute Gasteiger partial charge is 0.338 e. The van der Waals surface area contributed by atoms with Gasteiger partial charge in [-0.2, -0.15) is 0 Å². The summed E-state index contributed by atoms with van der Waals surface area (Å²) in [6, 6.07) is 13.5. The molecule has 2 unspecified atom stereocenters. The van der Waals surface area contributed by atoms with E-state index < -0.39 is 12.1 Å². The topological polar surface area (TPSA) is 94.2 Å². The summed E-state index contributed by atoms with van der Waals surface area (Å²) >= 11 is 0. The van der Waals surface area contributed by atoms with Gasteiger partial charge >= 0.3 is 5.97 Å². The molecule has 2 aromatic carbocycles. The van der Waals surface area contributed by atoms with E-state index in [-0.39, 0.29) is 24.5 Å². The van der Waals surface area contributed by atoms with Gasteiger partial charge in [0.2, 0.25) is 0 Å². The molecule has 8 heteroatoms. The third kappa shape index (κ3) is 6.73. The lowest BCUT2D eigenvalue weighted by atomic mass is 9.99. The third-order valence-electron chi connectivity index (χ3n) is 5.83. The van der Waals surface area contributed by atoms with Crippen molar-refractivity contribution in [3.8, 4) is 11.5 Å². The Bertz CT molecular complexity index is 991. The Morgan fingerprint density at radius 2 is 1.85 bits per heavy atom. The molecule has 0 saturated carbocycles. The van der Waals surface area contributed by atoms with Crippen LogP contribution in [0.4, 0.5) is 5.69 Å². The van der Waals surface area contributed by atoms with Crippen molar-refractivity contribution < 1.29 is 28.6 Å². The minimum atomic E-state index is -0.851. The van der Waals surface area contributed by atoms with Crippen LogP contribution in [0.5, 0.6) is 11.5 Å². The number of rotatable bonds is 9. The number of anilines is 1. The van der Waals surface area contributed by atoms with E-state index in [2.05, 4.69) is 12.2 Å². The number of carbonyl (C=O) groups is 3. The van der Waals surface area contributed by atoms with Crippen LogP contribution in [-0.4, -0.2) is 55.1 Å². The highest BCUT2D eigenvalue weighted by molar-refractivity contribution is 5.93. The van der Waals surface area contributed by atoms with E-state index in [0.717, 1.165) is 25.7 Å². The van der Waals surface area contributed by atoms with Crippen LogP contribution in [-0.2, 0) is 14.3 Å². The lowest BCUT2D eigenvalue weighted by Crippen LogP contribution is -2.48. The average Bonchev–Trinajstić information content (AvgIpc) is 2.87. The number of hydrogen-bond donors (Lipinski definition) is 1. The van der Waals surface area contributed by atoms with Crippen molar-refractivity contribution in [3.05, 3.63) is 54.1 Å². The van der Waals surface area contributed by atoms with Gasteiger partial charge in [-0.1, -0.05) is 13.0 Å². The molecule has 1 fully saturated rings. The molecule has 0 spiro atoms. The molecular weight excluding hydrogens is 436 g/mol. The zero-order valence-electron chi connectivity index (χ0n) is 19.9. The average molecular weight is 469 g/mol. The van der Waals surface area contributed by atoms with E-state index in [1.54, 1.807) is 62.6 Å². The van der Waals surface area contributed by atoms with Gasteiger partial charge in [0.1, 0.15) is 11.5 Å². The van der Waals surface area contributed by atoms with Crippen molar-refractivity contribution in [3.63, 3.8) is 0 Å². The number of benzene rings is 2. The maximum atomic E-state index is 12.8. The van der Waals surface area contributed by atoms with E-state index in [0.29, 0.717) is 29.3 Å². The first-order chi connectivity index (χ1) is 16.4. The van der Waals surface area contributed by atoms with E-state index in [4.69, 9.17) is 14.2 Å². The zero-order valence-corrected chi connectivity index (χ0v) is 19.9. The predicted molar refractivity (Wildman–Crippen MR) is 128 cm³/mol. The number of methoxy groups -OCH3 is 1. The van der Waals surface area contributed by atoms with Gasteiger partial charge < -0.3 is 24.4 Å². The monoisotopic (exact) mass is 468 g/mol. The highest BCUT2D eigenvalue weighted by Crippen LogP contribution is 2.22. The summed E-state index contributed by atoms with van der Waals surface area (Å²) in [5.41, 5.74) is 0.906. The Balaban J connectivity index is 1.48. The van der Waals surface area contributed by atoms with Gasteiger partial charge in [-0.25, -0.2) is 4.79 Å². The van der Waals surface area contributed by atoms with Crippen molar-refractivity contribution in [1.82, 2.24) is 4.90 Å². The number of ether oxygens (including phenoxy) is 3. The SMILES string of the molecule is CCC1CCCCN1C(=O)C(C)OC(=O)c1ccc(OCC(=O)Nc2cccc(OC)c2)cc1. The molecule has 2 aromatic rings. The Labute approximate surface area is 200 Å². The fraction of sp³-hybridized carbons (Fsp3) is 0.423. The van der Waals surface area contributed by atoms with Gasteiger partial charge in [-0.15, -0.1) is 0 Å². The second-order valence-electron chi connectivity index (χ2n) is 8.23. The van der Waals surface area contributed by atoms with Crippen LogP contribution in [0.25, 0.3) is 0 Å². The molecule has 182 valence electrons. The zero-order chi connectivity index (χ0) is 24.5. The summed E-state index contributed by atoms with van der Waals surface area (Å²) in [7, 11) is 1.55. The van der Waals surface area contributed by atoms with E-state index in [1.165, 1.54) is 0 Å². The molecule has 1 aliphatic rings. The molecule has 1 N–H and O–H groups in total. The summed E-state index contributed by atoms with van der Waals surface area (Å²) in [4.78, 5) is 39.3. The lowest BCUT2D eigenvalue weighted by molar-refractivity contribution is -0.143. The number of likely N-dealkylation sites (tertiary alicyclic amines) is 1. The van der Waals surface area contributed by atoms with Crippen LogP contribution in [0.2, 0.25) is 0 Å². The van der Waals surface area contributed by atoms with Gasteiger partial charge in [0.05, 0.1) is 12.7 Å². The van der Waals surface area contributed by atoms with Crippen molar-refractivity contribution in [2.75, 3.05) is 25.6 Å². The first-order valence-electron chi connectivity index (χ1n) is 11.6. The minimum Gasteiger partial charge on any atom is -0.497 e. The van der Waals surface area contributed by atoms with Crippen molar-refractivity contribution >= 4 is 23.5 Å². The molecule has 0 aliphatic carbocycles. The fourth-order valence-corrected chi connectivity index (χ4v) is 3.96. The highest BCUT2D eigenvalue weighted by atomic mass is 16.5. The van der Waals surface area contributed by atoms with Gasteiger partial charge in [0, 0.05) is 24.3 Å². The standard InChI is InChI=1S/C26H32N2O6/c1-4-21-9-5-6-15-28(21)25(30)18(2)34-26(31)19-11-13-22(14-12-19)33-17-24(29)27-20-8-7-10-23(16-20)32-3/h7-8,10-14,16,18,21H,4-6,9,15,17H2,1-3H3,(H,27,29). The summed E-state index contributed by atoms with van der Waals surface area (Å²) in [5.74, 6) is 0.0150. The second kappa shape index (κ2) is 12.1. The number of nitrogens with zero attached hydrogens (tertiary/aromatic N) is 1. The van der Waals surface area contributed by atoms with Crippen LogP contribution in [0, 0.1) is 0 Å². The Hall–Kier alpha value is -3.55. The maximum absolute atomic E-state index is 12.8. The minimum absolute atomic E-state index is 0.151. The number of esters is 1. The molecule has 34 heavy (non-hydrogen) atoms. The molecule has 8 nitrogen and oxygen atoms in total. The molecule has 2 atom stereocenters. The molecule has 0 bridgehead atoms. The lowest BCUT2D eigenvalue weighted by Gasteiger charge is -2.36. The van der Waals surface area contributed by atoms with Crippen LogP contribution in [0.3, 0.4) is 0 Å². The first-order valence-corrected chi connectivity index (χ1v) is 11.6. The molecule has 3 rings (SSSR count). The van der Waals surface area contributed by atoms with Crippen molar-refractivity contribution in [2.45, 2.75) is 51.7 Å². The number of nitrogens with one attached hydrogen (secondary N) is 1. The Kier molecular flexibility index (Phi) is 8.90. The van der Waals surface area contributed by atoms with Crippen molar-refractivity contribution in [1.29, 1.82) is 0 Å². The van der Waals surface area contributed by atoms with Gasteiger partial charge in [0.25, 0.3) is 11.8 Å². The summed E-state index contributed by atoms with van der Waals surface area (Å²) < 4.78 is 16.1. The van der Waals surface area contributed by atoms with E-state index >= 15 is 0 Å². The number of hydrogen-bond acceptors (Lipinski definition) is 6. The quantitative estimate of drug-likeness (QED) is 0.558. The van der Waals surface area contributed by atoms with Crippen LogP contribution >= 0.6 is 0 Å². The molecule has 0 radical (unpaired) electrons. The highest BCUT2D eigenvalue weighted by Gasteiger charge is 2.30. The van der Waals surface area contributed by atoms with Crippen LogP contribution in [0.1, 0.15) is 49.9 Å². The van der Waals surface area contributed by atoms with Gasteiger partial charge in [0.15, 0.2) is 12.7 Å². The first kappa shape index (κ1) is 25.1. The number of piperidine rings is 1. The molecular formula is C26H32N2O6. The Morgan fingerprint density at radius 1 is 1.09 bits per heavy atom. The van der Waals surface area contributed by atoms with Gasteiger partial charge in [-0.05, 0) is 69.0 Å². The second-order valence-corrected chi connectivity index (χ2v) is 8.23. The van der Waals surface area contributed by atoms with Crippen LogP contribution in [0.15, 0.2) is 48.5 Å². The molecule has 0 aromatic heterocycles. The van der Waals surface area contributed by atoms with E-state index in [9.17, 15) is 14.4 Å². The normalized spacial score (nSPS) is 16.3. The predicted octanol–water partition coefficient (Wildman–Crippen LogP) is 4.05. The molecule has 1 saturated heterocycles. The van der Waals surface area contributed by atoms with Crippen molar-refractivity contribution in [2.24, 2.45) is 0 Å². The summed E-state index contributed by atoms with van der Waals surface area (Å²) in [6.07, 6.45) is 3.12.